The van der Waals surface area contributed by atoms with Crippen LogP contribution in [0.1, 0.15) is 52.2 Å². The molecule has 3 N–H and O–H groups in total. The quantitative estimate of drug-likeness (QED) is 0.251. The maximum Gasteiger partial charge on any atom is 0.255 e. The number of carbonyl (C=O) groups is 1. The summed E-state index contributed by atoms with van der Waals surface area (Å²) in [7, 11) is 0. The first-order valence-corrected chi connectivity index (χ1v) is 14.4. The van der Waals surface area contributed by atoms with Crippen LogP contribution in [-0.4, -0.2) is 38.3 Å². The van der Waals surface area contributed by atoms with Crippen molar-refractivity contribution < 1.29 is 4.79 Å². The van der Waals surface area contributed by atoms with E-state index in [0.29, 0.717) is 16.9 Å². The van der Waals surface area contributed by atoms with Crippen molar-refractivity contribution >= 4 is 34.3 Å². The third-order valence-corrected chi connectivity index (χ3v) is 9.06. The van der Waals surface area contributed by atoms with Crippen LogP contribution in [0.3, 0.4) is 0 Å². The normalized spacial score (nSPS) is 16.5. The lowest BCUT2D eigenvalue weighted by Gasteiger charge is -2.14. The van der Waals surface area contributed by atoms with Gasteiger partial charge >= 0.3 is 0 Å². The Balaban J connectivity index is 1.09. The van der Waals surface area contributed by atoms with E-state index in [-0.39, 0.29) is 11.3 Å². The van der Waals surface area contributed by atoms with Crippen molar-refractivity contribution in [3.8, 4) is 11.4 Å². The summed E-state index contributed by atoms with van der Waals surface area (Å²) in [5, 5.41) is 6.16. The Morgan fingerprint density at radius 2 is 1.85 bits per heavy atom. The minimum absolute atomic E-state index is 0.0782. The molecule has 5 aromatic rings. The second-order valence-corrected chi connectivity index (χ2v) is 11.5. The summed E-state index contributed by atoms with van der Waals surface area (Å²) < 4.78 is 2.14. The van der Waals surface area contributed by atoms with Crippen molar-refractivity contribution in [1.82, 2.24) is 19.3 Å². The molecule has 4 heterocycles. The fraction of sp³-hybridized carbons (Fsp3) is 0.258. The molecule has 0 bridgehead atoms. The number of aromatic nitrogens is 3. The fourth-order valence-corrected chi connectivity index (χ4v) is 6.71. The van der Waals surface area contributed by atoms with Gasteiger partial charge in [-0.05, 0) is 86.3 Å². The topological polar surface area (TPSA) is 88.5 Å². The minimum atomic E-state index is -0.169. The van der Waals surface area contributed by atoms with Gasteiger partial charge in [0.2, 0.25) is 0 Å². The van der Waals surface area contributed by atoms with Crippen LogP contribution in [-0.2, 0) is 12.0 Å². The molecule has 3 aromatic heterocycles. The van der Waals surface area contributed by atoms with Crippen molar-refractivity contribution in [3.05, 3.63) is 100 Å². The molecule has 2 aromatic carbocycles. The van der Waals surface area contributed by atoms with Gasteiger partial charge < -0.3 is 11.1 Å². The van der Waals surface area contributed by atoms with E-state index in [2.05, 4.69) is 50.5 Å². The number of fused-ring (bicyclic) bond motifs is 1. The lowest BCUT2D eigenvalue weighted by molar-refractivity contribution is 0.102. The number of hydrogen-bond acceptors (Lipinski definition) is 6. The number of amides is 1. The molecular formula is C31H30N6OS. The number of likely N-dealkylation sites (tertiary alicyclic amines) is 1. The fourth-order valence-electron chi connectivity index (χ4n) is 5.62. The number of nitrogen functional groups attached to an aromatic ring is 1. The van der Waals surface area contributed by atoms with Gasteiger partial charge in [-0.3, -0.25) is 14.1 Å². The molecule has 8 heteroatoms. The molecule has 0 spiro atoms. The molecule has 39 heavy (non-hydrogen) atoms. The lowest BCUT2D eigenvalue weighted by Crippen LogP contribution is -2.18. The van der Waals surface area contributed by atoms with Gasteiger partial charge in [-0.15, -0.1) is 11.3 Å². The summed E-state index contributed by atoms with van der Waals surface area (Å²) >= 11 is 1.71. The van der Waals surface area contributed by atoms with Crippen LogP contribution in [0.4, 0.5) is 11.4 Å². The summed E-state index contributed by atoms with van der Waals surface area (Å²) in [4.78, 5) is 25.1. The number of anilines is 2. The number of para-hydroxylation sites is 2. The number of carbonyl (C=O) groups excluding carboxylic acids is 1. The highest BCUT2D eigenvalue weighted by atomic mass is 32.1. The summed E-state index contributed by atoms with van der Waals surface area (Å²) in [6.45, 7) is 3.36. The molecular weight excluding hydrogens is 504 g/mol. The second kappa shape index (κ2) is 9.63. The van der Waals surface area contributed by atoms with Gasteiger partial charge in [-0.25, -0.2) is 9.97 Å². The molecule has 1 saturated heterocycles. The van der Waals surface area contributed by atoms with Crippen LogP contribution < -0.4 is 11.1 Å². The third-order valence-electron chi connectivity index (χ3n) is 8.02. The van der Waals surface area contributed by atoms with Crippen LogP contribution in [0.25, 0.3) is 17.0 Å². The van der Waals surface area contributed by atoms with Crippen LogP contribution in [0, 0.1) is 0 Å². The third kappa shape index (κ3) is 4.49. The number of nitrogens with one attached hydrogen (secondary N) is 1. The highest BCUT2D eigenvalue weighted by molar-refractivity contribution is 7.10. The van der Waals surface area contributed by atoms with Crippen molar-refractivity contribution in [3.63, 3.8) is 0 Å². The van der Waals surface area contributed by atoms with Gasteiger partial charge in [0.1, 0.15) is 10.7 Å². The van der Waals surface area contributed by atoms with E-state index in [9.17, 15) is 4.79 Å². The maximum absolute atomic E-state index is 12.8. The van der Waals surface area contributed by atoms with E-state index in [1.54, 1.807) is 23.5 Å². The zero-order chi connectivity index (χ0) is 26.4. The molecule has 0 unspecified atom stereocenters. The molecule has 7 rings (SSSR count). The Morgan fingerprint density at radius 3 is 2.62 bits per heavy atom. The molecule has 1 aliphatic heterocycles. The molecule has 7 nitrogen and oxygen atoms in total. The monoisotopic (exact) mass is 534 g/mol. The van der Waals surface area contributed by atoms with Gasteiger partial charge in [0.15, 0.2) is 0 Å². The first kappa shape index (κ1) is 24.1. The molecule has 1 saturated carbocycles. The average Bonchev–Trinajstić information content (AvgIpc) is 3.30. The minimum Gasteiger partial charge on any atom is -0.397 e. The van der Waals surface area contributed by atoms with Gasteiger partial charge in [-0.1, -0.05) is 24.3 Å². The van der Waals surface area contributed by atoms with Crippen molar-refractivity contribution in [2.75, 3.05) is 24.1 Å². The molecule has 0 radical (unpaired) electrons. The van der Waals surface area contributed by atoms with E-state index in [4.69, 9.17) is 15.7 Å². The van der Waals surface area contributed by atoms with Gasteiger partial charge in [-0.2, -0.15) is 0 Å². The summed E-state index contributed by atoms with van der Waals surface area (Å²) in [5.41, 5.74) is 13.1. The van der Waals surface area contributed by atoms with Crippen molar-refractivity contribution in [1.29, 1.82) is 0 Å². The highest BCUT2D eigenvalue weighted by Crippen LogP contribution is 2.54. The number of hydrogen-bond donors (Lipinski definition) is 2. The van der Waals surface area contributed by atoms with Crippen LogP contribution in [0.5, 0.6) is 0 Å². The Morgan fingerprint density at radius 1 is 1.05 bits per heavy atom. The number of rotatable bonds is 7. The average molecular weight is 535 g/mol. The first-order valence-electron chi connectivity index (χ1n) is 13.5. The standard InChI is InChI=1S/C31H30N6OS/c32-24-5-1-2-6-25(24)34-29(38)22-7-9-23(10-8-22)31(12-13-31)30-35-26(20-39-30)27-18-33-28-17-21(11-16-37(27)28)19-36-14-3-4-15-36/h1-2,5-11,16-18,20H,3-4,12-15,19,32H2,(H,34,38). The molecule has 1 amide bonds. The number of pyridine rings is 1. The second-order valence-electron chi connectivity index (χ2n) is 10.6. The van der Waals surface area contributed by atoms with E-state index >= 15 is 0 Å². The largest absolute Gasteiger partial charge is 0.397 e. The zero-order valence-electron chi connectivity index (χ0n) is 21.6. The molecule has 1 aliphatic carbocycles. The van der Waals surface area contributed by atoms with E-state index in [0.717, 1.165) is 41.4 Å². The lowest BCUT2D eigenvalue weighted by atomic mass is 9.95. The van der Waals surface area contributed by atoms with Gasteiger partial charge in [0, 0.05) is 29.1 Å². The Kier molecular flexibility index (Phi) is 5.94. The maximum atomic E-state index is 12.8. The van der Waals surface area contributed by atoms with E-state index in [1.165, 1.54) is 37.1 Å². The summed E-state index contributed by atoms with van der Waals surface area (Å²) in [5.74, 6) is -0.169. The molecule has 196 valence electrons. The number of benzene rings is 2. The van der Waals surface area contributed by atoms with Crippen LogP contribution >= 0.6 is 11.3 Å². The molecule has 2 aliphatic rings. The Labute approximate surface area is 231 Å². The van der Waals surface area contributed by atoms with E-state index < -0.39 is 0 Å². The Bertz CT molecular complexity index is 1660. The SMILES string of the molecule is Nc1ccccc1NC(=O)c1ccc(C2(c3nc(-c4cnc5cc(CN6CCCC6)ccn45)cs3)CC2)cc1. The smallest absolute Gasteiger partial charge is 0.255 e. The van der Waals surface area contributed by atoms with Gasteiger partial charge in [0.25, 0.3) is 5.91 Å². The first-order chi connectivity index (χ1) is 19.1. The number of nitrogens with two attached hydrogens (primary N) is 1. The number of nitrogens with zero attached hydrogens (tertiary/aromatic N) is 4. The predicted molar refractivity (Wildman–Crippen MR) is 156 cm³/mol. The zero-order valence-corrected chi connectivity index (χ0v) is 22.5. The summed E-state index contributed by atoms with van der Waals surface area (Å²) in [6.07, 6.45) is 8.76. The highest BCUT2D eigenvalue weighted by Gasteiger charge is 2.48. The van der Waals surface area contributed by atoms with E-state index in [1.807, 2.05) is 30.5 Å². The van der Waals surface area contributed by atoms with Crippen LogP contribution in [0.15, 0.2) is 78.4 Å². The van der Waals surface area contributed by atoms with Crippen molar-refractivity contribution in [2.24, 2.45) is 0 Å². The summed E-state index contributed by atoms with van der Waals surface area (Å²) in [6, 6.07) is 19.6. The number of thiazole rings is 1. The Hall–Kier alpha value is -4.01. The van der Waals surface area contributed by atoms with Crippen LogP contribution in [0.2, 0.25) is 0 Å². The predicted octanol–water partition coefficient (Wildman–Crippen LogP) is 5.97. The number of imidazole rings is 1. The van der Waals surface area contributed by atoms with Gasteiger partial charge in [0.05, 0.1) is 29.0 Å². The molecule has 2 fully saturated rings. The molecule has 0 atom stereocenters. The van der Waals surface area contributed by atoms with Crippen molar-refractivity contribution in [2.45, 2.75) is 37.6 Å².